The molecule has 1 aromatic carbocycles. The van der Waals surface area contributed by atoms with Gasteiger partial charge in [-0.05, 0) is 17.7 Å². The van der Waals surface area contributed by atoms with Crippen molar-refractivity contribution in [1.82, 2.24) is 0 Å². The second kappa shape index (κ2) is 5.44. The summed E-state index contributed by atoms with van der Waals surface area (Å²) >= 11 is 0. The minimum atomic E-state index is -4.36. The molecule has 0 aliphatic rings. The minimum absolute atomic E-state index is 0.210. The number of hydrogen-bond donors (Lipinski definition) is 2. The van der Waals surface area contributed by atoms with Crippen molar-refractivity contribution in [3.63, 3.8) is 0 Å². The summed E-state index contributed by atoms with van der Waals surface area (Å²) in [4.78, 5) is 0. The van der Waals surface area contributed by atoms with Crippen LogP contribution in [0.4, 0.5) is 13.2 Å². The van der Waals surface area contributed by atoms with Crippen LogP contribution in [-0.4, -0.2) is 26.5 Å². The first-order valence-corrected chi connectivity index (χ1v) is 5.42. The third-order valence-electron chi connectivity index (χ3n) is 1.72. The molecule has 16 heavy (non-hydrogen) atoms. The molecule has 0 spiro atoms. The third-order valence-corrected chi connectivity index (χ3v) is 2.65. The van der Waals surface area contributed by atoms with Crippen LogP contribution in [-0.2, 0) is 16.6 Å². The smallest absolute Gasteiger partial charge is 0.372 e. The molecule has 0 saturated heterocycles. The Morgan fingerprint density at radius 2 is 2.00 bits per heavy atom. The summed E-state index contributed by atoms with van der Waals surface area (Å²) in [5.74, 6) is 0. The highest BCUT2D eigenvalue weighted by atomic mass is 28.2. The molecule has 0 saturated carbocycles. The van der Waals surface area contributed by atoms with E-state index in [9.17, 15) is 13.2 Å². The van der Waals surface area contributed by atoms with Crippen LogP contribution < -0.4 is 0 Å². The van der Waals surface area contributed by atoms with Crippen molar-refractivity contribution in [3.8, 4) is 0 Å². The number of rotatable bonds is 4. The SMILES string of the molecule is OC(O)O[Si]Cc1cccc(C(F)(F)F)c1. The molecule has 0 fully saturated rings. The van der Waals surface area contributed by atoms with E-state index in [1.54, 1.807) is 0 Å². The van der Waals surface area contributed by atoms with Gasteiger partial charge in [-0.1, -0.05) is 18.2 Å². The molecule has 0 bridgehead atoms. The van der Waals surface area contributed by atoms with Crippen LogP contribution in [0.15, 0.2) is 24.3 Å². The topological polar surface area (TPSA) is 49.7 Å². The third kappa shape index (κ3) is 4.31. The normalized spacial score (nSPS) is 12.1. The van der Waals surface area contributed by atoms with E-state index in [1.807, 2.05) is 0 Å². The van der Waals surface area contributed by atoms with Gasteiger partial charge in [0.15, 0.2) is 0 Å². The first-order chi connectivity index (χ1) is 7.39. The van der Waals surface area contributed by atoms with E-state index >= 15 is 0 Å². The predicted octanol–water partition coefficient (Wildman–Crippen LogP) is 1.11. The summed E-state index contributed by atoms with van der Waals surface area (Å²) in [6, 6.07) is 5.03. The number of aliphatic hydroxyl groups excluding tert-OH is 1. The predicted molar refractivity (Wildman–Crippen MR) is 50.2 cm³/mol. The van der Waals surface area contributed by atoms with Crippen LogP contribution in [0.1, 0.15) is 11.1 Å². The maximum Gasteiger partial charge on any atom is 0.416 e. The standard InChI is InChI=1S/C9H9F3O3Si/c10-9(11,12)7-3-1-2-6(4-7)5-16-15-8(13)14/h1-4,8,13-14H,5H2. The molecular formula is C9H9F3O3Si. The zero-order valence-electron chi connectivity index (χ0n) is 8.03. The van der Waals surface area contributed by atoms with Crippen LogP contribution >= 0.6 is 0 Å². The minimum Gasteiger partial charge on any atom is -0.372 e. The van der Waals surface area contributed by atoms with Gasteiger partial charge in [0.2, 0.25) is 9.76 Å². The average molecular weight is 250 g/mol. The second-order valence-electron chi connectivity index (χ2n) is 2.96. The molecule has 2 N–H and O–H groups in total. The van der Waals surface area contributed by atoms with Crippen LogP contribution in [0.25, 0.3) is 0 Å². The molecule has 0 aliphatic carbocycles. The molecule has 88 valence electrons. The lowest BCUT2D eigenvalue weighted by Gasteiger charge is -2.08. The summed E-state index contributed by atoms with van der Waals surface area (Å²) in [6.45, 7) is -1.89. The van der Waals surface area contributed by atoms with Gasteiger partial charge in [0.1, 0.15) is 0 Å². The van der Waals surface area contributed by atoms with Gasteiger partial charge in [-0.3, -0.25) is 0 Å². The van der Waals surface area contributed by atoms with Gasteiger partial charge in [-0.2, -0.15) is 13.2 Å². The summed E-state index contributed by atoms with van der Waals surface area (Å²) in [7, 11) is -0.298. The van der Waals surface area contributed by atoms with E-state index in [4.69, 9.17) is 10.2 Å². The summed E-state index contributed by atoms with van der Waals surface area (Å²) in [6.07, 6.45) is -4.36. The molecule has 1 aromatic rings. The number of alkyl halides is 3. The fourth-order valence-electron chi connectivity index (χ4n) is 1.06. The molecule has 1 rings (SSSR count). The highest BCUT2D eigenvalue weighted by Crippen LogP contribution is 2.29. The molecule has 0 aromatic heterocycles. The van der Waals surface area contributed by atoms with E-state index in [0.29, 0.717) is 5.56 Å². The van der Waals surface area contributed by atoms with Gasteiger partial charge in [0, 0.05) is 0 Å². The first kappa shape index (κ1) is 13.2. The number of benzene rings is 1. The lowest BCUT2D eigenvalue weighted by molar-refractivity contribution is -0.180. The van der Waals surface area contributed by atoms with Crippen LogP contribution in [0, 0.1) is 0 Å². The Hall–Kier alpha value is -0.893. The zero-order valence-corrected chi connectivity index (χ0v) is 9.03. The van der Waals surface area contributed by atoms with Crippen LogP contribution in [0.3, 0.4) is 0 Å². The van der Waals surface area contributed by atoms with Gasteiger partial charge in [0.25, 0.3) is 6.48 Å². The zero-order chi connectivity index (χ0) is 12.2. The fraction of sp³-hybridized carbons (Fsp3) is 0.333. The number of hydrogen-bond acceptors (Lipinski definition) is 3. The van der Waals surface area contributed by atoms with Gasteiger partial charge in [-0.15, -0.1) is 0 Å². The average Bonchev–Trinajstić information content (AvgIpc) is 2.16. The molecule has 0 unspecified atom stereocenters. The maximum absolute atomic E-state index is 12.3. The van der Waals surface area contributed by atoms with Crippen molar-refractivity contribution in [2.45, 2.75) is 18.7 Å². The Kier molecular flexibility index (Phi) is 4.48. The fourth-order valence-corrected chi connectivity index (χ4v) is 1.68. The number of aliphatic hydroxyl groups is 2. The van der Waals surface area contributed by atoms with Crippen LogP contribution in [0.5, 0.6) is 0 Å². The van der Waals surface area contributed by atoms with Gasteiger partial charge < -0.3 is 14.6 Å². The van der Waals surface area contributed by atoms with E-state index in [1.165, 1.54) is 12.1 Å². The highest BCUT2D eigenvalue weighted by Gasteiger charge is 2.30. The molecule has 3 nitrogen and oxygen atoms in total. The summed E-state index contributed by atoms with van der Waals surface area (Å²) < 4.78 is 41.4. The Morgan fingerprint density at radius 1 is 1.31 bits per heavy atom. The largest absolute Gasteiger partial charge is 0.416 e. The van der Waals surface area contributed by atoms with E-state index in [2.05, 4.69) is 4.43 Å². The highest BCUT2D eigenvalue weighted by molar-refractivity contribution is 6.26. The van der Waals surface area contributed by atoms with Crippen molar-refractivity contribution < 1.29 is 27.8 Å². The van der Waals surface area contributed by atoms with Gasteiger partial charge in [-0.25, -0.2) is 0 Å². The van der Waals surface area contributed by atoms with Crippen molar-refractivity contribution in [2.75, 3.05) is 0 Å². The molecule has 0 aliphatic heterocycles. The van der Waals surface area contributed by atoms with E-state index < -0.39 is 18.2 Å². The summed E-state index contributed by atoms with van der Waals surface area (Å²) in [5.41, 5.74) is -0.284. The van der Waals surface area contributed by atoms with Gasteiger partial charge in [0.05, 0.1) is 5.56 Å². The molecule has 0 amide bonds. The Bertz CT molecular complexity index is 341. The Labute approximate surface area is 92.4 Å². The quantitative estimate of drug-likeness (QED) is 0.621. The Balaban J connectivity index is 2.61. The molecule has 0 heterocycles. The second-order valence-corrected chi connectivity index (χ2v) is 3.84. The lowest BCUT2D eigenvalue weighted by Crippen LogP contribution is -2.15. The number of halogens is 3. The molecular weight excluding hydrogens is 241 g/mol. The molecule has 7 heteroatoms. The molecule has 0 atom stereocenters. The van der Waals surface area contributed by atoms with Gasteiger partial charge >= 0.3 is 6.18 Å². The monoisotopic (exact) mass is 250 g/mol. The maximum atomic E-state index is 12.3. The summed E-state index contributed by atoms with van der Waals surface area (Å²) in [5, 5.41) is 16.7. The van der Waals surface area contributed by atoms with E-state index in [0.717, 1.165) is 12.1 Å². The first-order valence-electron chi connectivity index (χ1n) is 4.30. The lowest BCUT2D eigenvalue weighted by atomic mass is 10.1. The van der Waals surface area contributed by atoms with Crippen molar-refractivity contribution in [2.24, 2.45) is 0 Å². The van der Waals surface area contributed by atoms with E-state index in [-0.39, 0.29) is 15.8 Å². The van der Waals surface area contributed by atoms with Crippen molar-refractivity contribution in [1.29, 1.82) is 0 Å². The van der Waals surface area contributed by atoms with Crippen LogP contribution in [0.2, 0.25) is 0 Å². The Morgan fingerprint density at radius 3 is 2.56 bits per heavy atom. The van der Waals surface area contributed by atoms with Crippen molar-refractivity contribution in [3.05, 3.63) is 35.4 Å². The molecule has 2 radical (unpaired) electrons. The van der Waals surface area contributed by atoms with Crippen molar-refractivity contribution >= 4 is 9.76 Å².